The van der Waals surface area contributed by atoms with Crippen molar-refractivity contribution in [2.45, 2.75) is 13.8 Å². The summed E-state index contributed by atoms with van der Waals surface area (Å²) < 4.78 is 4.70. The highest BCUT2D eigenvalue weighted by molar-refractivity contribution is 5.81. The van der Waals surface area contributed by atoms with Gasteiger partial charge >= 0.3 is 5.97 Å². The lowest BCUT2D eigenvalue weighted by Crippen LogP contribution is -2.06. The Balaban J connectivity index is 0. The molecular formula is C8H13NO3. The minimum atomic E-state index is -0.344. The van der Waals surface area contributed by atoms with E-state index in [9.17, 15) is 4.79 Å². The SMILES string of the molecule is C=CC(=O)OCC(C)C.N=C=O. The minimum Gasteiger partial charge on any atom is -0.462 e. The van der Waals surface area contributed by atoms with E-state index in [1.54, 1.807) is 0 Å². The lowest BCUT2D eigenvalue weighted by Gasteiger charge is -2.02. The molecule has 4 heteroatoms. The number of rotatable bonds is 3. The Bertz CT molecular complexity index is 169. The minimum absolute atomic E-state index is 0.344. The van der Waals surface area contributed by atoms with E-state index in [-0.39, 0.29) is 5.97 Å². The van der Waals surface area contributed by atoms with Crippen molar-refractivity contribution in [1.29, 1.82) is 5.41 Å². The van der Waals surface area contributed by atoms with Gasteiger partial charge in [0, 0.05) is 6.08 Å². The van der Waals surface area contributed by atoms with E-state index in [2.05, 4.69) is 6.58 Å². The van der Waals surface area contributed by atoms with E-state index in [4.69, 9.17) is 14.9 Å². The number of hydrogen-bond donors (Lipinski definition) is 1. The summed E-state index contributed by atoms with van der Waals surface area (Å²) in [6.45, 7) is 7.71. The zero-order valence-corrected chi connectivity index (χ0v) is 7.29. The van der Waals surface area contributed by atoms with Gasteiger partial charge in [-0.25, -0.2) is 15.0 Å². The molecule has 0 unspecified atom stereocenters. The highest BCUT2D eigenvalue weighted by Crippen LogP contribution is 1.92. The molecule has 0 aliphatic carbocycles. The summed E-state index contributed by atoms with van der Waals surface area (Å²) >= 11 is 0. The van der Waals surface area contributed by atoms with Gasteiger partial charge in [0.15, 0.2) is 0 Å². The third-order valence-corrected chi connectivity index (χ3v) is 0.726. The summed E-state index contributed by atoms with van der Waals surface area (Å²) in [5, 5.41) is 5.40. The van der Waals surface area contributed by atoms with Crippen LogP contribution in [0.3, 0.4) is 0 Å². The molecule has 68 valence electrons. The van der Waals surface area contributed by atoms with Crippen LogP contribution in [0.25, 0.3) is 0 Å². The van der Waals surface area contributed by atoms with Gasteiger partial charge in [-0.2, -0.15) is 0 Å². The molecule has 0 aromatic rings. The van der Waals surface area contributed by atoms with Crippen molar-refractivity contribution in [2.24, 2.45) is 5.92 Å². The van der Waals surface area contributed by atoms with Crippen LogP contribution in [0.1, 0.15) is 13.8 Å². The topological polar surface area (TPSA) is 67.2 Å². The van der Waals surface area contributed by atoms with Crippen LogP contribution >= 0.6 is 0 Å². The summed E-state index contributed by atoms with van der Waals surface area (Å²) in [5.74, 6) is 0.0533. The maximum atomic E-state index is 10.4. The molecule has 4 nitrogen and oxygen atoms in total. The fourth-order valence-electron chi connectivity index (χ4n) is 0.308. The first-order valence-corrected chi connectivity index (χ1v) is 3.41. The van der Waals surface area contributed by atoms with Crippen LogP contribution in [0.2, 0.25) is 0 Å². The van der Waals surface area contributed by atoms with Gasteiger partial charge in [-0.05, 0) is 5.92 Å². The van der Waals surface area contributed by atoms with E-state index in [0.29, 0.717) is 12.5 Å². The number of hydrogen-bond acceptors (Lipinski definition) is 4. The highest BCUT2D eigenvalue weighted by Gasteiger charge is 1.96. The first-order valence-electron chi connectivity index (χ1n) is 3.41. The number of isocyanates is 1. The molecule has 0 spiro atoms. The summed E-state index contributed by atoms with van der Waals surface area (Å²) in [7, 11) is 0. The molecule has 0 atom stereocenters. The first-order chi connectivity index (χ1) is 5.58. The van der Waals surface area contributed by atoms with Crippen LogP contribution in [-0.2, 0) is 14.3 Å². The van der Waals surface area contributed by atoms with Gasteiger partial charge < -0.3 is 4.74 Å². The molecule has 0 aromatic heterocycles. The van der Waals surface area contributed by atoms with E-state index in [1.807, 2.05) is 13.8 Å². The van der Waals surface area contributed by atoms with Gasteiger partial charge in [0.1, 0.15) is 0 Å². The van der Waals surface area contributed by atoms with Crippen LogP contribution in [-0.4, -0.2) is 18.7 Å². The third-order valence-electron chi connectivity index (χ3n) is 0.726. The fraction of sp³-hybridized carbons (Fsp3) is 0.500. The van der Waals surface area contributed by atoms with Gasteiger partial charge in [-0.15, -0.1) is 0 Å². The summed E-state index contributed by atoms with van der Waals surface area (Å²) in [5.41, 5.74) is 0. The van der Waals surface area contributed by atoms with Gasteiger partial charge in [0.2, 0.25) is 6.08 Å². The Morgan fingerprint density at radius 2 is 2.17 bits per heavy atom. The molecule has 0 amide bonds. The van der Waals surface area contributed by atoms with Crippen LogP contribution in [0, 0.1) is 11.3 Å². The number of carbonyl (C=O) groups is 1. The maximum absolute atomic E-state index is 10.4. The predicted octanol–water partition coefficient (Wildman–Crippen LogP) is 1.27. The first kappa shape index (κ1) is 13.2. The monoisotopic (exact) mass is 171 g/mol. The zero-order chi connectivity index (χ0) is 9.98. The lowest BCUT2D eigenvalue weighted by molar-refractivity contribution is -0.138. The van der Waals surface area contributed by atoms with Crippen molar-refractivity contribution < 1.29 is 14.3 Å². The number of esters is 1. The molecule has 0 saturated carbocycles. The van der Waals surface area contributed by atoms with Crippen molar-refractivity contribution in [2.75, 3.05) is 6.61 Å². The van der Waals surface area contributed by atoms with Crippen LogP contribution < -0.4 is 0 Å². The summed E-state index contributed by atoms with van der Waals surface area (Å²) in [6.07, 6.45) is 1.92. The maximum Gasteiger partial charge on any atom is 0.330 e. The van der Waals surface area contributed by atoms with E-state index >= 15 is 0 Å². The molecule has 0 saturated heterocycles. The van der Waals surface area contributed by atoms with Gasteiger partial charge in [-0.3, -0.25) is 0 Å². The van der Waals surface area contributed by atoms with E-state index in [0.717, 1.165) is 6.08 Å². The van der Waals surface area contributed by atoms with Gasteiger partial charge in [-0.1, -0.05) is 20.4 Å². The fourth-order valence-corrected chi connectivity index (χ4v) is 0.308. The average molecular weight is 171 g/mol. The molecule has 0 fully saturated rings. The number of nitrogens with one attached hydrogen (secondary N) is 1. The Morgan fingerprint density at radius 3 is 2.42 bits per heavy atom. The molecular weight excluding hydrogens is 158 g/mol. The van der Waals surface area contributed by atoms with Crippen molar-refractivity contribution in [3.05, 3.63) is 12.7 Å². The van der Waals surface area contributed by atoms with Crippen molar-refractivity contribution in [3.63, 3.8) is 0 Å². The number of carbonyl (C=O) groups excluding carboxylic acids is 2. The molecule has 12 heavy (non-hydrogen) atoms. The molecule has 0 bridgehead atoms. The Morgan fingerprint density at radius 1 is 1.75 bits per heavy atom. The highest BCUT2D eigenvalue weighted by atomic mass is 16.5. The van der Waals surface area contributed by atoms with Crippen LogP contribution in [0.15, 0.2) is 12.7 Å². The van der Waals surface area contributed by atoms with E-state index in [1.165, 1.54) is 6.08 Å². The molecule has 0 radical (unpaired) electrons. The molecule has 0 rings (SSSR count). The standard InChI is InChI=1S/C7H12O2.CHNO/c1-4-7(8)9-5-6(2)3;2-1-3/h4,6H,1,5H2,2-3H3;2H. The lowest BCUT2D eigenvalue weighted by atomic mass is 10.2. The number of ether oxygens (including phenoxy) is 1. The van der Waals surface area contributed by atoms with Crippen LogP contribution in [0.4, 0.5) is 0 Å². The quantitative estimate of drug-likeness (QED) is 0.301. The van der Waals surface area contributed by atoms with Crippen molar-refractivity contribution in [1.82, 2.24) is 0 Å². The molecule has 0 aliphatic heterocycles. The molecule has 0 aromatic carbocycles. The van der Waals surface area contributed by atoms with Gasteiger partial charge in [0.25, 0.3) is 0 Å². The molecule has 0 heterocycles. The van der Waals surface area contributed by atoms with Crippen LogP contribution in [0.5, 0.6) is 0 Å². The third kappa shape index (κ3) is 15.8. The molecule has 0 aliphatic rings. The molecule has 1 N–H and O–H groups in total. The normalized spacial score (nSPS) is 7.58. The van der Waals surface area contributed by atoms with Crippen molar-refractivity contribution >= 4 is 12.0 Å². The summed E-state index contributed by atoms with van der Waals surface area (Å²) in [4.78, 5) is 18.7. The Hall–Kier alpha value is -1.41. The Labute approximate surface area is 71.7 Å². The van der Waals surface area contributed by atoms with E-state index < -0.39 is 0 Å². The zero-order valence-electron chi connectivity index (χ0n) is 7.29. The smallest absolute Gasteiger partial charge is 0.330 e. The second kappa shape index (κ2) is 9.59. The second-order valence-corrected chi connectivity index (χ2v) is 2.33. The largest absolute Gasteiger partial charge is 0.462 e. The average Bonchev–Trinajstić information content (AvgIpc) is 2.01. The van der Waals surface area contributed by atoms with Gasteiger partial charge in [0.05, 0.1) is 6.61 Å². The van der Waals surface area contributed by atoms with Crippen molar-refractivity contribution in [3.8, 4) is 0 Å². The Kier molecular flexibility index (Phi) is 10.5. The second-order valence-electron chi connectivity index (χ2n) is 2.33. The summed E-state index contributed by atoms with van der Waals surface area (Å²) in [6, 6.07) is 0. The predicted molar refractivity (Wildman–Crippen MR) is 44.4 cm³/mol.